The second-order valence-corrected chi connectivity index (χ2v) is 9.05. The Hall–Kier alpha value is -2.58. The van der Waals surface area contributed by atoms with Gasteiger partial charge in [-0.3, -0.25) is 0 Å². The summed E-state index contributed by atoms with van der Waals surface area (Å²) in [6, 6.07) is 17.3. The molecule has 0 N–H and O–H groups in total. The van der Waals surface area contributed by atoms with Gasteiger partial charge in [0.2, 0.25) is 0 Å². The average molecular weight is 404 g/mol. The highest BCUT2D eigenvalue weighted by Crippen LogP contribution is 2.39. The molecule has 2 heterocycles. The quantitative estimate of drug-likeness (QED) is 0.484. The molecular weight excluding hydrogens is 378 g/mol. The van der Waals surface area contributed by atoms with Gasteiger partial charge in [0.1, 0.15) is 11.8 Å². The van der Waals surface area contributed by atoms with Crippen LogP contribution in [-0.4, -0.2) is 24.0 Å². The molecule has 1 saturated carbocycles. The maximum absolute atomic E-state index is 10.0. The summed E-state index contributed by atoms with van der Waals surface area (Å²) >= 11 is 1.90. The highest BCUT2D eigenvalue weighted by atomic mass is 32.2. The number of hydrogen-bond donors (Lipinski definition) is 0. The molecule has 29 heavy (non-hydrogen) atoms. The summed E-state index contributed by atoms with van der Waals surface area (Å²) in [4.78, 5) is 0. The maximum Gasteiger partial charge on any atom is 0.120 e. The monoisotopic (exact) mass is 403 g/mol. The van der Waals surface area contributed by atoms with E-state index in [1.54, 1.807) is 7.11 Å². The number of hydrogen-bond acceptors (Lipinski definition) is 4. The van der Waals surface area contributed by atoms with Gasteiger partial charge in [0.15, 0.2) is 0 Å². The molecule has 2 aliphatic rings. The third-order valence-electron chi connectivity index (χ3n) is 6.02. The van der Waals surface area contributed by atoms with Crippen molar-refractivity contribution in [3.8, 4) is 23.1 Å². The highest BCUT2D eigenvalue weighted by molar-refractivity contribution is 8.00. The van der Waals surface area contributed by atoms with E-state index in [0.717, 1.165) is 52.5 Å². The number of nitriles is 1. The van der Waals surface area contributed by atoms with Crippen LogP contribution in [0.3, 0.4) is 0 Å². The molecule has 148 valence electrons. The summed E-state index contributed by atoms with van der Waals surface area (Å²) in [5, 5.41) is 11.0. The van der Waals surface area contributed by atoms with Crippen molar-refractivity contribution in [1.29, 1.82) is 5.26 Å². The number of ether oxygens (including phenoxy) is 1. The fourth-order valence-corrected chi connectivity index (χ4v) is 5.26. The molecule has 0 amide bonds. The molecule has 0 spiro atoms. The highest BCUT2D eigenvalue weighted by Gasteiger charge is 2.24. The van der Waals surface area contributed by atoms with Crippen LogP contribution in [0.1, 0.15) is 31.2 Å². The van der Waals surface area contributed by atoms with Crippen LogP contribution in [0, 0.1) is 17.2 Å². The molecule has 0 unspecified atom stereocenters. The van der Waals surface area contributed by atoms with E-state index in [2.05, 4.69) is 45.3 Å². The SMILES string of the molecule is COc1ccc2c(C#N)c(-c3ccc(N4CCCS4)cc3)n(CCC3CC3)c2c1. The van der Waals surface area contributed by atoms with Crippen molar-refractivity contribution in [3.05, 3.63) is 48.0 Å². The topological polar surface area (TPSA) is 41.2 Å². The summed E-state index contributed by atoms with van der Waals surface area (Å²) in [5.74, 6) is 2.86. The molecule has 2 aromatic carbocycles. The Morgan fingerprint density at radius 2 is 2.00 bits per heavy atom. The first-order chi connectivity index (χ1) is 14.3. The number of nitrogens with zero attached hydrogens (tertiary/aromatic N) is 3. The van der Waals surface area contributed by atoms with E-state index < -0.39 is 0 Å². The molecule has 5 rings (SSSR count). The van der Waals surface area contributed by atoms with Gasteiger partial charge in [-0.05, 0) is 60.5 Å². The minimum atomic E-state index is 0.766. The number of aryl methyl sites for hydroxylation is 1. The number of aromatic nitrogens is 1. The van der Waals surface area contributed by atoms with Crippen LogP contribution in [-0.2, 0) is 6.54 Å². The predicted molar refractivity (Wildman–Crippen MR) is 120 cm³/mol. The Kier molecular flexibility index (Phi) is 4.89. The molecule has 2 fully saturated rings. The first kappa shape index (κ1) is 18.4. The predicted octanol–water partition coefficient (Wildman–Crippen LogP) is 5.85. The maximum atomic E-state index is 10.0. The third kappa shape index (κ3) is 3.47. The smallest absolute Gasteiger partial charge is 0.120 e. The van der Waals surface area contributed by atoms with Crippen molar-refractivity contribution in [2.75, 3.05) is 23.7 Å². The molecule has 4 nitrogen and oxygen atoms in total. The molecule has 0 bridgehead atoms. The second kappa shape index (κ2) is 7.68. The van der Waals surface area contributed by atoms with Gasteiger partial charge in [0, 0.05) is 36.0 Å². The lowest BCUT2D eigenvalue weighted by Gasteiger charge is -2.17. The number of benzene rings is 2. The van der Waals surface area contributed by atoms with Crippen molar-refractivity contribution in [2.45, 2.75) is 32.2 Å². The van der Waals surface area contributed by atoms with Crippen molar-refractivity contribution in [1.82, 2.24) is 4.57 Å². The lowest BCUT2D eigenvalue weighted by atomic mass is 10.1. The summed E-state index contributed by atoms with van der Waals surface area (Å²) < 4.78 is 10.2. The molecule has 5 heteroatoms. The lowest BCUT2D eigenvalue weighted by molar-refractivity contribution is 0.415. The average Bonchev–Trinajstić information content (AvgIpc) is 3.32. The Morgan fingerprint density at radius 1 is 1.17 bits per heavy atom. The Bertz CT molecular complexity index is 1070. The summed E-state index contributed by atoms with van der Waals surface area (Å²) in [6.45, 7) is 2.05. The van der Waals surface area contributed by atoms with E-state index in [-0.39, 0.29) is 0 Å². The zero-order chi connectivity index (χ0) is 19.8. The summed E-state index contributed by atoms with van der Waals surface area (Å²) in [5.41, 5.74) is 5.26. The van der Waals surface area contributed by atoms with Crippen molar-refractivity contribution >= 4 is 28.5 Å². The van der Waals surface area contributed by atoms with E-state index in [1.165, 1.54) is 37.1 Å². The van der Waals surface area contributed by atoms with Gasteiger partial charge in [-0.2, -0.15) is 5.26 Å². The zero-order valence-corrected chi connectivity index (χ0v) is 17.5. The number of anilines is 1. The van der Waals surface area contributed by atoms with Crippen molar-refractivity contribution < 1.29 is 4.74 Å². The fourth-order valence-electron chi connectivity index (χ4n) is 4.26. The van der Waals surface area contributed by atoms with Crippen LogP contribution >= 0.6 is 11.9 Å². The van der Waals surface area contributed by atoms with Crippen LogP contribution in [0.2, 0.25) is 0 Å². The number of rotatable bonds is 6. The molecule has 1 aliphatic carbocycles. The van der Waals surface area contributed by atoms with E-state index >= 15 is 0 Å². The van der Waals surface area contributed by atoms with Gasteiger partial charge in [0.25, 0.3) is 0 Å². The van der Waals surface area contributed by atoms with Gasteiger partial charge in [-0.25, -0.2) is 0 Å². The normalized spacial score (nSPS) is 16.3. The first-order valence-electron chi connectivity index (χ1n) is 10.4. The second-order valence-electron chi connectivity index (χ2n) is 7.94. The first-order valence-corrected chi connectivity index (χ1v) is 11.3. The van der Waals surface area contributed by atoms with Crippen molar-refractivity contribution in [3.63, 3.8) is 0 Å². The van der Waals surface area contributed by atoms with E-state index in [4.69, 9.17) is 4.74 Å². The van der Waals surface area contributed by atoms with Crippen LogP contribution in [0.15, 0.2) is 42.5 Å². The van der Waals surface area contributed by atoms with Gasteiger partial charge in [0.05, 0.1) is 23.9 Å². The number of fused-ring (bicyclic) bond motifs is 1. The van der Waals surface area contributed by atoms with Gasteiger partial charge < -0.3 is 13.6 Å². The molecule has 1 aromatic heterocycles. The minimum Gasteiger partial charge on any atom is -0.497 e. The molecule has 3 aromatic rings. The molecular formula is C24H25N3OS. The third-order valence-corrected chi connectivity index (χ3v) is 7.20. The Labute approximate surface area is 176 Å². The largest absolute Gasteiger partial charge is 0.497 e. The van der Waals surface area contributed by atoms with Crippen LogP contribution in [0.4, 0.5) is 5.69 Å². The summed E-state index contributed by atoms with van der Waals surface area (Å²) in [6.07, 6.45) is 5.08. The van der Waals surface area contributed by atoms with Gasteiger partial charge >= 0.3 is 0 Å². The Morgan fingerprint density at radius 3 is 2.66 bits per heavy atom. The molecule has 1 saturated heterocycles. The van der Waals surface area contributed by atoms with Gasteiger partial charge in [-0.15, -0.1) is 0 Å². The van der Waals surface area contributed by atoms with E-state index in [1.807, 2.05) is 24.1 Å². The summed E-state index contributed by atoms with van der Waals surface area (Å²) in [7, 11) is 1.69. The fraction of sp³-hybridized carbons (Fsp3) is 0.375. The number of methoxy groups -OCH3 is 1. The van der Waals surface area contributed by atoms with Crippen LogP contribution in [0.25, 0.3) is 22.2 Å². The van der Waals surface area contributed by atoms with Crippen LogP contribution in [0.5, 0.6) is 5.75 Å². The molecule has 0 atom stereocenters. The Balaban J connectivity index is 1.62. The molecule has 0 radical (unpaired) electrons. The standard InChI is InChI=1S/C24H25N3OS/c1-28-20-9-10-21-22(16-25)24(26(23(21)15-20)13-11-17-3-4-17)18-5-7-19(8-6-18)27-12-2-14-29-27/h5-10,15,17H,2-4,11-14H2,1H3. The van der Waals surface area contributed by atoms with E-state index in [9.17, 15) is 5.26 Å². The lowest BCUT2D eigenvalue weighted by Crippen LogP contribution is -2.08. The minimum absolute atomic E-state index is 0.766. The van der Waals surface area contributed by atoms with Crippen LogP contribution < -0.4 is 9.04 Å². The van der Waals surface area contributed by atoms with Gasteiger partial charge in [-0.1, -0.05) is 25.0 Å². The molecule has 1 aliphatic heterocycles. The van der Waals surface area contributed by atoms with E-state index in [0.29, 0.717) is 0 Å². The zero-order valence-electron chi connectivity index (χ0n) is 16.7. The van der Waals surface area contributed by atoms with Crippen molar-refractivity contribution in [2.24, 2.45) is 5.92 Å².